The van der Waals surface area contributed by atoms with E-state index in [9.17, 15) is 14.4 Å². The minimum absolute atomic E-state index is 0.0463. The van der Waals surface area contributed by atoms with E-state index in [4.69, 9.17) is 5.11 Å². The molecule has 0 unspecified atom stereocenters. The molecule has 2 aromatic carbocycles. The number of aromatic nitrogens is 2. The molecule has 0 atom stereocenters. The zero-order valence-corrected chi connectivity index (χ0v) is 19.6. The number of rotatable bonds is 9. The highest BCUT2D eigenvalue weighted by Crippen LogP contribution is 2.37. The number of amides is 1. The molecule has 1 aliphatic rings. The number of benzene rings is 2. The standard InChI is InChI=1S/C26H27N3O4S/c30-22(16-24-28-29-26(34-24)27-23(31)14-17-4-2-1-3-5-17)21-12-10-20(11-13-21)19-8-6-18(7-9-19)15-25(32)33/h1-5,10-13,18-19H,6-9,14-16H2,(H,32,33)(H,27,29,31). The molecule has 1 aliphatic carbocycles. The SMILES string of the molecule is O=C(O)CC1CCC(c2ccc(C(=O)Cc3nnc(NC(=O)Cc4ccccc4)s3)cc2)CC1. The summed E-state index contributed by atoms with van der Waals surface area (Å²) in [5.74, 6) is -0.250. The Bertz CT molecular complexity index is 1140. The van der Waals surface area contributed by atoms with Gasteiger partial charge in [-0.15, -0.1) is 10.2 Å². The normalized spacial score (nSPS) is 17.8. The molecule has 1 aromatic heterocycles. The summed E-state index contributed by atoms with van der Waals surface area (Å²) in [6.45, 7) is 0. The van der Waals surface area contributed by atoms with E-state index in [0.29, 0.717) is 21.6 Å². The van der Waals surface area contributed by atoms with E-state index in [1.165, 1.54) is 16.9 Å². The number of Topliss-reactive ketones (excluding diaryl/α,β-unsaturated/α-hetero) is 1. The number of carboxylic acid groups (broad SMARTS) is 1. The van der Waals surface area contributed by atoms with Crippen LogP contribution in [0.1, 0.15) is 64.5 Å². The summed E-state index contributed by atoms with van der Waals surface area (Å²) in [5.41, 5.74) is 2.73. The third-order valence-electron chi connectivity index (χ3n) is 6.25. The summed E-state index contributed by atoms with van der Waals surface area (Å²) in [5, 5.41) is 20.7. The minimum Gasteiger partial charge on any atom is -0.481 e. The van der Waals surface area contributed by atoms with Gasteiger partial charge in [0, 0.05) is 12.0 Å². The number of hydrogen-bond donors (Lipinski definition) is 2. The van der Waals surface area contributed by atoms with Crippen molar-refractivity contribution in [1.29, 1.82) is 0 Å². The van der Waals surface area contributed by atoms with Crippen LogP contribution < -0.4 is 5.32 Å². The van der Waals surface area contributed by atoms with Gasteiger partial charge in [-0.1, -0.05) is 65.9 Å². The van der Waals surface area contributed by atoms with Crippen LogP contribution in [0.15, 0.2) is 54.6 Å². The maximum absolute atomic E-state index is 12.7. The smallest absolute Gasteiger partial charge is 0.303 e. The van der Waals surface area contributed by atoms with Crippen molar-refractivity contribution >= 4 is 34.1 Å². The Balaban J connectivity index is 1.27. The molecule has 1 heterocycles. The van der Waals surface area contributed by atoms with Gasteiger partial charge >= 0.3 is 5.97 Å². The maximum atomic E-state index is 12.7. The minimum atomic E-state index is -0.719. The molecule has 1 fully saturated rings. The molecule has 0 aliphatic heterocycles. The first kappa shape index (κ1) is 23.8. The Hall–Kier alpha value is -3.39. The van der Waals surface area contributed by atoms with Gasteiger partial charge in [0.15, 0.2) is 5.78 Å². The fraction of sp³-hybridized carbons (Fsp3) is 0.346. The molecular weight excluding hydrogens is 450 g/mol. The van der Waals surface area contributed by atoms with Crippen LogP contribution in [-0.2, 0) is 22.4 Å². The first-order chi connectivity index (χ1) is 16.5. The van der Waals surface area contributed by atoms with Gasteiger partial charge in [-0.05, 0) is 48.6 Å². The lowest BCUT2D eigenvalue weighted by molar-refractivity contribution is -0.138. The van der Waals surface area contributed by atoms with E-state index in [1.807, 2.05) is 54.6 Å². The van der Waals surface area contributed by atoms with E-state index in [0.717, 1.165) is 31.2 Å². The van der Waals surface area contributed by atoms with Gasteiger partial charge in [0.1, 0.15) is 5.01 Å². The van der Waals surface area contributed by atoms with Crippen molar-refractivity contribution in [2.24, 2.45) is 5.92 Å². The number of carboxylic acids is 1. The second-order valence-electron chi connectivity index (χ2n) is 8.75. The number of carbonyl (C=O) groups is 3. The van der Waals surface area contributed by atoms with Gasteiger partial charge in [0.2, 0.25) is 11.0 Å². The zero-order valence-electron chi connectivity index (χ0n) is 18.8. The predicted molar refractivity (Wildman–Crippen MR) is 130 cm³/mol. The largest absolute Gasteiger partial charge is 0.481 e. The summed E-state index contributed by atoms with van der Waals surface area (Å²) in [7, 11) is 0. The molecule has 1 saturated carbocycles. The second-order valence-corrected chi connectivity index (χ2v) is 9.81. The molecule has 0 saturated heterocycles. The Morgan fingerprint density at radius 2 is 1.62 bits per heavy atom. The summed E-state index contributed by atoms with van der Waals surface area (Å²) in [4.78, 5) is 35.8. The molecule has 176 valence electrons. The quantitative estimate of drug-likeness (QED) is 0.425. The number of hydrogen-bond acceptors (Lipinski definition) is 6. The topological polar surface area (TPSA) is 109 Å². The highest BCUT2D eigenvalue weighted by atomic mass is 32.1. The molecule has 4 rings (SSSR count). The van der Waals surface area contributed by atoms with Crippen LogP contribution in [-0.4, -0.2) is 33.0 Å². The monoisotopic (exact) mass is 477 g/mol. The van der Waals surface area contributed by atoms with Crippen LogP contribution in [0.3, 0.4) is 0 Å². The number of carbonyl (C=O) groups excluding carboxylic acids is 2. The third-order valence-corrected chi connectivity index (χ3v) is 7.09. The van der Waals surface area contributed by atoms with Crippen LogP contribution in [0.2, 0.25) is 0 Å². The number of aliphatic carboxylic acids is 1. The molecule has 34 heavy (non-hydrogen) atoms. The summed E-state index contributed by atoms with van der Waals surface area (Å²) in [6, 6.07) is 17.2. The lowest BCUT2D eigenvalue weighted by Gasteiger charge is -2.28. The van der Waals surface area contributed by atoms with Crippen LogP contribution in [0.4, 0.5) is 5.13 Å². The molecule has 7 nitrogen and oxygen atoms in total. The Labute approximate surface area is 202 Å². The van der Waals surface area contributed by atoms with Crippen LogP contribution in [0.5, 0.6) is 0 Å². The number of ketones is 1. The fourth-order valence-electron chi connectivity index (χ4n) is 4.45. The summed E-state index contributed by atoms with van der Waals surface area (Å²) in [6.07, 6.45) is 4.46. The van der Waals surface area contributed by atoms with Crippen molar-refractivity contribution in [3.8, 4) is 0 Å². The van der Waals surface area contributed by atoms with Gasteiger partial charge in [-0.25, -0.2) is 0 Å². The molecule has 8 heteroatoms. The van der Waals surface area contributed by atoms with Crippen molar-refractivity contribution in [2.75, 3.05) is 5.32 Å². The van der Waals surface area contributed by atoms with Crippen molar-refractivity contribution in [1.82, 2.24) is 10.2 Å². The van der Waals surface area contributed by atoms with Crippen LogP contribution in [0, 0.1) is 5.92 Å². The third kappa shape index (κ3) is 6.57. The Morgan fingerprint density at radius 3 is 2.29 bits per heavy atom. The van der Waals surface area contributed by atoms with E-state index in [-0.39, 0.29) is 36.9 Å². The van der Waals surface area contributed by atoms with Crippen molar-refractivity contribution in [2.45, 2.75) is 50.9 Å². The van der Waals surface area contributed by atoms with Crippen molar-refractivity contribution in [3.63, 3.8) is 0 Å². The molecule has 0 bridgehead atoms. The highest BCUT2D eigenvalue weighted by molar-refractivity contribution is 7.15. The maximum Gasteiger partial charge on any atom is 0.303 e. The second kappa shape index (κ2) is 11.2. The lowest BCUT2D eigenvalue weighted by Crippen LogP contribution is -2.16. The summed E-state index contributed by atoms with van der Waals surface area (Å²) < 4.78 is 0. The highest BCUT2D eigenvalue weighted by Gasteiger charge is 2.24. The Kier molecular flexibility index (Phi) is 7.80. The van der Waals surface area contributed by atoms with Crippen LogP contribution in [0.25, 0.3) is 0 Å². The van der Waals surface area contributed by atoms with Crippen LogP contribution >= 0.6 is 11.3 Å². The molecule has 1 amide bonds. The van der Waals surface area contributed by atoms with Crippen molar-refractivity contribution in [3.05, 3.63) is 76.3 Å². The van der Waals surface area contributed by atoms with E-state index >= 15 is 0 Å². The van der Waals surface area contributed by atoms with Gasteiger partial charge < -0.3 is 10.4 Å². The van der Waals surface area contributed by atoms with E-state index < -0.39 is 5.97 Å². The van der Waals surface area contributed by atoms with Gasteiger partial charge in [-0.2, -0.15) is 0 Å². The first-order valence-electron chi connectivity index (χ1n) is 11.5. The average molecular weight is 478 g/mol. The Morgan fingerprint density at radius 1 is 0.912 bits per heavy atom. The molecule has 2 N–H and O–H groups in total. The molecule has 0 radical (unpaired) electrons. The van der Waals surface area contributed by atoms with Crippen molar-refractivity contribution < 1.29 is 19.5 Å². The number of anilines is 1. The summed E-state index contributed by atoms with van der Waals surface area (Å²) >= 11 is 1.21. The van der Waals surface area contributed by atoms with Gasteiger partial charge in [-0.3, -0.25) is 14.4 Å². The average Bonchev–Trinajstić information content (AvgIpc) is 3.26. The van der Waals surface area contributed by atoms with E-state index in [1.54, 1.807) is 0 Å². The molecular formula is C26H27N3O4S. The fourth-order valence-corrected chi connectivity index (χ4v) is 5.20. The van der Waals surface area contributed by atoms with E-state index in [2.05, 4.69) is 15.5 Å². The molecule has 0 spiro atoms. The number of nitrogens with one attached hydrogen (secondary N) is 1. The number of nitrogens with zero attached hydrogens (tertiary/aromatic N) is 2. The molecule has 3 aromatic rings. The lowest BCUT2D eigenvalue weighted by atomic mass is 9.77. The van der Waals surface area contributed by atoms with Gasteiger partial charge in [0.05, 0.1) is 12.8 Å². The van der Waals surface area contributed by atoms with Gasteiger partial charge in [0.25, 0.3) is 0 Å². The first-order valence-corrected chi connectivity index (χ1v) is 12.3. The zero-order chi connectivity index (χ0) is 23.9. The predicted octanol–water partition coefficient (Wildman–Crippen LogP) is 4.89.